The summed E-state index contributed by atoms with van der Waals surface area (Å²) in [5.74, 6) is -0.455. The lowest BCUT2D eigenvalue weighted by atomic mass is 10.2. The zero-order valence-corrected chi connectivity index (χ0v) is 15.1. The van der Waals surface area contributed by atoms with E-state index in [4.69, 9.17) is 16.3 Å². The summed E-state index contributed by atoms with van der Waals surface area (Å²) in [6.45, 7) is 0. The zero-order chi connectivity index (χ0) is 17.9. The topological polar surface area (TPSA) is 55.4 Å². The van der Waals surface area contributed by atoms with Crippen LogP contribution in [0.2, 0.25) is 5.02 Å². The van der Waals surface area contributed by atoms with Crippen molar-refractivity contribution in [3.8, 4) is 5.75 Å². The summed E-state index contributed by atoms with van der Waals surface area (Å²) in [5.41, 5.74) is 0.351. The van der Waals surface area contributed by atoms with Gasteiger partial charge in [0.15, 0.2) is 0 Å². The minimum absolute atomic E-state index is 0.0437. The van der Waals surface area contributed by atoms with Gasteiger partial charge in [-0.3, -0.25) is 4.72 Å². The van der Waals surface area contributed by atoms with Crippen molar-refractivity contribution in [2.24, 2.45) is 0 Å². The van der Waals surface area contributed by atoms with E-state index in [2.05, 4.69) is 4.72 Å². The Morgan fingerprint density at radius 2 is 1.80 bits per heavy atom. The molecule has 0 saturated heterocycles. The predicted molar refractivity (Wildman–Crippen MR) is 97.0 cm³/mol. The van der Waals surface area contributed by atoms with Gasteiger partial charge < -0.3 is 4.74 Å². The lowest BCUT2D eigenvalue weighted by Crippen LogP contribution is -2.16. The Kier molecular flexibility index (Phi) is 5.49. The van der Waals surface area contributed by atoms with Gasteiger partial charge in [-0.2, -0.15) is 0 Å². The first-order chi connectivity index (χ1) is 11.9. The molecule has 1 aliphatic carbocycles. The maximum Gasteiger partial charge on any atom is 0.237 e. The quantitative estimate of drug-likeness (QED) is 0.783. The molecular weight excluding hydrogens is 365 g/mol. The summed E-state index contributed by atoms with van der Waals surface area (Å²) >= 11 is 5.89. The molecule has 134 valence electrons. The fraction of sp³-hybridized carbons (Fsp3) is 0.333. The van der Waals surface area contributed by atoms with Crippen LogP contribution in [0.1, 0.15) is 31.2 Å². The molecule has 0 unspecified atom stereocenters. The first kappa shape index (κ1) is 18.0. The van der Waals surface area contributed by atoms with Gasteiger partial charge in [0.25, 0.3) is 0 Å². The summed E-state index contributed by atoms with van der Waals surface area (Å²) in [5, 5.41) is 0.0886. The van der Waals surface area contributed by atoms with E-state index in [1.807, 2.05) is 0 Å². The smallest absolute Gasteiger partial charge is 0.237 e. The van der Waals surface area contributed by atoms with Gasteiger partial charge in [-0.05, 0) is 62.1 Å². The molecule has 0 radical (unpaired) electrons. The number of halogens is 2. The zero-order valence-electron chi connectivity index (χ0n) is 13.5. The largest absolute Gasteiger partial charge is 0.490 e. The summed E-state index contributed by atoms with van der Waals surface area (Å²) in [7, 11) is -3.78. The highest BCUT2D eigenvalue weighted by atomic mass is 35.5. The number of hydrogen-bond donors (Lipinski definition) is 1. The molecule has 0 bridgehead atoms. The number of benzene rings is 2. The molecule has 25 heavy (non-hydrogen) atoms. The van der Waals surface area contributed by atoms with Crippen LogP contribution in [-0.4, -0.2) is 14.5 Å². The van der Waals surface area contributed by atoms with Gasteiger partial charge in [-0.1, -0.05) is 17.7 Å². The molecule has 0 aromatic heterocycles. The van der Waals surface area contributed by atoms with Crippen LogP contribution >= 0.6 is 11.6 Å². The maximum absolute atomic E-state index is 13.8. The minimum atomic E-state index is -3.78. The second-order valence-electron chi connectivity index (χ2n) is 6.11. The van der Waals surface area contributed by atoms with Gasteiger partial charge in [-0.25, -0.2) is 12.8 Å². The van der Waals surface area contributed by atoms with Crippen molar-refractivity contribution in [3.05, 3.63) is 58.9 Å². The average molecular weight is 384 g/mol. The predicted octanol–water partition coefficient (Wildman–Crippen LogP) is 4.74. The van der Waals surface area contributed by atoms with E-state index >= 15 is 0 Å². The normalized spacial score (nSPS) is 15.3. The lowest BCUT2D eigenvalue weighted by molar-refractivity contribution is 0.210. The highest BCUT2D eigenvalue weighted by Crippen LogP contribution is 2.26. The van der Waals surface area contributed by atoms with Crippen molar-refractivity contribution < 1.29 is 17.5 Å². The van der Waals surface area contributed by atoms with Crippen LogP contribution in [0.3, 0.4) is 0 Å². The Bertz CT molecular complexity index is 814. The van der Waals surface area contributed by atoms with Crippen molar-refractivity contribution in [2.75, 3.05) is 4.72 Å². The first-order valence-corrected chi connectivity index (χ1v) is 10.2. The molecule has 0 atom stereocenters. The molecule has 0 heterocycles. The van der Waals surface area contributed by atoms with Crippen LogP contribution < -0.4 is 9.46 Å². The van der Waals surface area contributed by atoms with Gasteiger partial charge in [-0.15, -0.1) is 0 Å². The van der Waals surface area contributed by atoms with Gasteiger partial charge in [0, 0.05) is 16.3 Å². The molecule has 1 saturated carbocycles. The number of rotatable bonds is 6. The van der Waals surface area contributed by atoms with Crippen LogP contribution in [0, 0.1) is 5.82 Å². The van der Waals surface area contributed by atoms with Crippen molar-refractivity contribution >= 4 is 27.3 Å². The van der Waals surface area contributed by atoms with Crippen molar-refractivity contribution in [1.82, 2.24) is 0 Å². The Morgan fingerprint density at radius 3 is 2.44 bits per heavy atom. The third-order valence-corrected chi connectivity index (χ3v) is 5.70. The molecule has 0 amide bonds. The fourth-order valence-corrected chi connectivity index (χ4v) is 4.43. The molecule has 1 aliphatic rings. The summed E-state index contributed by atoms with van der Waals surface area (Å²) < 4.78 is 46.6. The maximum atomic E-state index is 13.8. The highest BCUT2D eigenvalue weighted by Gasteiger charge is 2.18. The standard InChI is InChI=1S/C18H19ClFNO3S/c19-17-6-3-7-18(20)16(17)12-25(22,23)21-13-8-10-15(11-9-13)24-14-4-1-2-5-14/h3,6-11,14,21H,1-2,4-5,12H2. The van der Waals surface area contributed by atoms with Crippen LogP contribution in [0.15, 0.2) is 42.5 Å². The van der Waals surface area contributed by atoms with Crippen molar-refractivity contribution in [2.45, 2.75) is 37.5 Å². The Balaban J connectivity index is 1.66. The Labute approximate surface area is 152 Å². The third-order valence-electron chi connectivity index (χ3n) is 4.13. The van der Waals surface area contributed by atoms with Gasteiger partial charge in [0.1, 0.15) is 11.6 Å². The third kappa shape index (κ3) is 4.86. The molecule has 4 nitrogen and oxygen atoms in total. The fourth-order valence-electron chi connectivity index (χ4n) is 2.88. The van der Waals surface area contributed by atoms with Gasteiger partial charge in [0.2, 0.25) is 10.0 Å². The second kappa shape index (κ2) is 7.62. The molecule has 1 fully saturated rings. The summed E-state index contributed by atoms with van der Waals surface area (Å²) in [6.07, 6.45) is 4.71. The molecule has 0 aliphatic heterocycles. The Morgan fingerprint density at radius 1 is 1.12 bits per heavy atom. The number of sulfonamides is 1. The number of nitrogens with one attached hydrogen (secondary N) is 1. The molecule has 3 rings (SSSR count). The molecule has 1 N–H and O–H groups in total. The van der Waals surface area contributed by atoms with E-state index in [9.17, 15) is 12.8 Å². The monoisotopic (exact) mass is 383 g/mol. The molecular formula is C18H19ClFNO3S. The van der Waals surface area contributed by atoms with Gasteiger partial charge >= 0.3 is 0 Å². The number of ether oxygens (including phenoxy) is 1. The van der Waals surface area contributed by atoms with E-state index < -0.39 is 21.6 Å². The van der Waals surface area contributed by atoms with E-state index in [0.29, 0.717) is 11.4 Å². The van der Waals surface area contributed by atoms with Crippen LogP contribution in [0.5, 0.6) is 5.75 Å². The molecule has 2 aromatic rings. The Hall–Kier alpha value is -1.79. The summed E-state index contributed by atoms with van der Waals surface area (Å²) in [4.78, 5) is 0. The average Bonchev–Trinajstić information content (AvgIpc) is 3.06. The van der Waals surface area contributed by atoms with Crippen LogP contribution in [-0.2, 0) is 15.8 Å². The van der Waals surface area contributed by atoms with E-state index in [-0.39, 0.29) is 16.7 Å². The number of hydrogen-bond acceptors (Lipinski definition) is 3. The van der Waals surface area contributed by atoms with Crippen molar-refractivity contribution in [3.63, 3.8) is 0 Å². The highest BCUT2D eigenvalue weighted by molar-refractivity contribution is 7.91. The lowest BCUT2D eigenvalue weighted by Gasteiger charge is -2.14. The molecule has 0 spiro atoms. The molecule has 7 heteroatoms. The van der Waals surface area contributed by atoms with E-state index in [1.165, 1.54) is 31.0 Å². The second-order valence-corrected chi connectivity index (χ2v) is 8.24. The summed E-state index contributed by atoms with van der Waals surface area (Å²) in [6, 6.07) is 10.8. The van der Waals surface area contributed by atoms with Gasteiger partial charge in [0.05, 0.1) is 11.9 Å². The first-order valence-electron chi connectivity index (χ1n) is 8.13. The molecule has 2 aromatic carbocycles. The number of anilines is 1. The van der Waals surface area contributed by atoms with Crippen LogP contribution in [0.4, 0.5) is 10.1 Å². The van der Waals surface area contributed by atoms with E-state index in [1.54, 1.807) is 24.3 Å². The minimum Gasteiger partial charge on any atom is -0.490 e. The van der Waals surface area contributed by atoms with E-state index in [0.717, 1.165) is 12.8 Å². The SMILES string of the molecule is O=S(=O)(Cc1c(F)cccc1Cl)Nc1ccc(OC2CCCC2)cc1. The van der Waals surface area contributed by atoms with Crippen molar-refractivity contribution in [1.29, 1.82) is 0 Å². The van der Waals surface area contributed by atoms with Crippen LogP contribution in [0.25, 0.3) is 0 Å².